The van der Waals surface area contributed by atoms with Crippen molar-refractivity contribution in [3.8, 4) is 11.5 Å². The van der Waals surface area contributed by atoms with Crippen LogP contribution in [0.25, 0.3) is 0 Å². The average Bonchev–Trinajstić information content (AvgIpc) is 3.22. The number of hydrogen-bond donors (Lipinski definition) is 2. The largest absolute Gasteiger partial charge is 0.468 e. The summed E-state index contributed by atoms with van der Waals surface area (Å²) in [7, 11) is 1.26. The number of nitrogens with two attached hydrogens (primary N) is 1. The fourth-order valence-electron chi connectivity index (χ4n) is 3.21. The molecular weight excluding hydrogens is 401 g/mol. The molecule has 2 atom stereocenters. The molecule has 2 unspecified atom stereocenters. The maximum absolute atomic E-state index is 13.5. The highest BCUT2D eigenvalue weighted by molar-refractivity contribution is 5.75. The Morgan fingerprint density at radius 2 is 1.93 bits per heavy atom. The zero-order chi connectivity index (χ0) is 21.7. The van der Waals surface area contributed by atoms with Crippen molar-refractivity contribution in [3.05, 3.63) is 59.2 Å². The zero-order valence-corrected chi connectivity index (χ0v) is 16.4. The van der Waals surface area contributed by atoms with Gasteiger partial charge in [0.25, 0.3) is 0 Å². The van der Waals surface area contributed by atoms with Crippen molar-refractivity contribution in [2.45, 2.75) is 31.2 Å². The Bertz CT molecular complexity index is 866. The number of esters is 1. The minimum atomic E-state index is -4.51. The van der Waals surface area contributed by atoms with E-state index in [9.17, 15) is 18.0 Å². The van der Waals surface area contributed by atoms with Crippen LogP contribution in [0.4, 0.5) is 13.2 Å². The number of alkyl halides is 3. The normalized spacial score (nSPS) is 17.6. The van der Waals surface area contributed by atoms with E-state index in [1.165, 1.54) is 19.2 Å². The van der Waals surface area contributed by atoms with Gasteiger partial charge in [-0.3, -0.25) is 10.1 Å². The van der Waals surface area contributed by atoms with Crippen molar-refractivity contribution < 1.29 is 32.2 Å². The molecule has 2 aromatic carbocycles. The molecule has 1 aliphatic rings. The van der Waals surface area contributed by atoms with Crippen molar-refractivity contribution in [1.29, 1.82) is 0 Å². The molecular formula is C21H23F3N2O4. The third-order valence-corrected chi connectivity index (χ3v) is 4.75. The van der Waals surface area contributed by atoms with Crippen molar-refractivity contribution >= 4 is 5.97 Å². The van der Waals surface area contributed by atoms with Crippen LogP contribution < -0.4 is 15.8 Å². The van der Waals surface area contributed by atoms with Gasteiger partial charge in [-0.1, -0.05) is 18.2 Å². The number of rotatable bonds is 7. The summed E-state index contributed by atoms with van der Waals surface area (Å²) in [6, 6.07) is 9.75. The summed E-state index contributed by atoms with van der Waals surface area (Å²) in [5.74, 6) is -0.0703. The Balaban J connectivity index is 1.72. The second-order valence-corrected chi connectivity index (χ2v) is 6.99. The average molecular weight is 424 g/mol. The maximum Gasteiger partial charge on any atom is 0.416 e. The van der Waals surface area contributed by atoms with Crippen LogP contribution in [-0.4, -0.2) is 38.5 Å². The van der Waals surface area contributed by atoms with Crippen LogP contribution in [0.2, 0.25) is 0 Å². The molecule has 0 spiro atoms. The van der Waals surface area contributed by atoms with Crippen molar-refractivity contribution in [3.63, 3.8) is 0 Å². The summed E-state index contributed by atoms with van der Waals surface area (Å²) in [5.41, 5.74) is 5.92. The molecule has 2 aromatic rings. The molecule has 1 heterocycles. The minimum Gasteiger partial charge on any atom is -0.468 e. The van der Waals surface area contributed by atoms with Gasteiger partial charge in [-0.15, -0.1) is 0 Å². The van der Waals surface area contributed by atoms with E-state index in [0.29, 0.717) is 19.0 Å². The topological polar surface area (TPSA) is 82.8 Å². The number of hydrogen-bond acceptors (Lipinski definition) is 6. The van der Waals surface area contributed by atoms with Gasteiger partial charge in [0.15, 0.2) is 0 Å². The van der Waals surface area contributed by atoms with Gasteiger partial charge in [-0.05, 0) is 41.8 Å². The van der Waals surface area contributed by atoms with Gasteiger partial charge >= 0.3 is 12.1 Å². The predicted octanol–water partition coefficient (Wildman–Crippen LogP) is 3.03. The number of nitrogens with one attached hydrogen (secondary N) is 1. The number of ether oxygens (including phenoxy) is 3. The molecule has 0 radical (unpaired) electrons. The summed E-state index contributed by atoms with van der Waals surface area (Å²) < 4.78 is 56.2. The fourth-order valence-corrected chi connectivity index (χ4v) is 3.21. The molecule has 0 bridgehead atoms. The first-order valence-corrected chi connectivity index (χ1v) is 9.39. The van der Waals surface area contributed by atoms with Crippen LogP contribution in [0, 0.1) is 0 Å². The molecule has 1 aliphatic heterocycles. The first-order valence-electron chi connectivity index (χ1n) is 9.39. The monoisotopic (exact) mass is 424 g/mol. The molecule has 1 saturated heterocycles. The smallest absolute Gasteiger partial charge is 0.416 e. The van der Waals surface area contributed by atoms with E-state index in [-0.39, 0.29) is 30.3 Å². The Morgan fingerprint density at radius 3 is 2.53 bits per heavy atom. The van der Waals surface area contributed by atoms with Crippen LogP contribution in [0.3, 0.4) is 0 Å². The van der Waals surface area contributed by atoms with Crippen LogP contribution in [0.1, 0.15) is 16.7 Å². The molecule has 0 aliphatic carbocycles. The highest BCUT2D eigenvalue weighted by atomic mass is 19.4. The quantitative estimate of drug-likeness (QED) is 0.665. The molecule has 162 valence electrons. The Morgan fingerprint density at radius 1 is 1.23 bits per heavy atom. The first kappa shape index (κ1) is 22.1. The van der Waals surface area contributed by atoms with Gasteiger partial charge in [0.2, 0.25) is 0 Å². The van der Waals surface area contributed by atoms with Crippen LogP contribution in [0.15, 0.2) is 42.5 Å². The van der Waals surface area contributed by atoms with Crippen molar-refractivity contribution in [1.82, 2.24) is 5.32 Å². The van der Waals surface area contributed by atoms with E-state index in [0.717, 1.165) is 11.6 Å². The molecule has 3 rings (SSSR count). The second-order valence-electron chi connectivity index (χ2n) is 6.99. The van der Waals surface area contributed by atoms with E-state index in [1.807, 2.05) is 0 Å². The zero-order valence-electron chi connectivity index (χ0n) is 16.4. The van der Waals surface area contributed by atoms with Gasteiger partial charge in [0.05, 0.1) is 25.5 Å². The molecule has 0 amide bonds. The van der Waals surface area contributed by atoms with Gasteiger partial charge in [-0.25, -0.2) is 0 Å². The van der Waals surface area contributed by atoms with E-state index >= 15 is 0 Å². The van der Waals surface area contributed by atoms with Crippen LogP contribution >= 0.6 is 0 Å². The SMILES string of the molecule is COC(=O)C(N)Cc1ccc(Oc2ccc(CC3CNCO3)c(C(F)(F)F)c2)cc1. The summed E-state index contributed by atoms with van der Waals surface area (Å²) in [6.45, 7) is 0.856. The van der Waals surface area contributed by atoms with Gasteiger partial charge in [0, 0.05) is 13.0 Å². The fraction of sp³-hybridized carbons (Fsp3) is 0.381. The van der Waals surface area contributed by atoms with E-state index in [4.69, 9.17) is 15.2 Å². The lowest BCUT2D eigenvalue weighted by molar-refractivity contribution is -0.142. The number of benzene rings is 2. The molecule has 30 heavy (non-hydrogen) atoms. The lowest BCUT2D eigenvalue weighted by Crippen LogP contribution is -2.33. The lowest BCUT2D eigenvalue weighted by atomic mass is 10.0. The molecule has 1 fully saturated rings. The summed E-state index contributed by atoms with van der Waals surface area (Å²) in [4.78, 5) is 11.4. The standard InChI is InChI=1S/C21H23F3N2O4/c1-28-20(27)19(25)8-13-2-5-15(6-3-13)30-16-7-4-14(9-17-11-26-12-29-17)18(10-16)21(22,23)24/h2-7,10,17,19,26H,8-9,11-12,25H2,1H3. The van der Waals surface area contributed by atoms with Gasteiger partial charge < -0.3 is 19.9 Å². The number of methoxy groups -OCH3 is 1. The number of halogens is 3. The van der Waals surface area contributed by atoms with Crippen molar-refractivity contribution in [2.75, 3.05) is 20.4 Å². The van der Waals surface area contributed by atoms with Gasteiger partial charge in [-0.2, -0.15) is 13.2 Å². The highest BCUT2D eigenvalue weighted by Crippen LogP contribution is 2.36. The van der Waals surface area contributed by atoms with Crippen LogP contribution in [-0.2, 0) is 33.3 Å². The summed E-state index contributed by atoms with van der Waals surface area (Å²) in [6.07, 6.45) is -4.36. The first-order chi connectivity index (χ1) is 14.3. The Hall–Kier alpha value is -2.62. The summed E-state index contributed by atoms with van der Waals surface area (Å²) in [5, 5.41) is 2.96. The van der Waals surface area contributed by atoms with E-state index in [1.54, 1.807) is 24.3 Å². The third kappa shape index (κ3) is 5.71. The number of carbonyl (C=O) groups is 1. The van der Waals surface area contributed by atoms with Crippen LogP contribution in [0.5, 0.6) is 11.5 Å². The van der Waals surface area contributed by atoms with E-state index < -0.39 is 23.8 Å². The Kier molecular flexibility index (Phi) is 6.96. The third-order valence-electron chi connectivity index (χ3n) is 4.75. The molecule has 9 heteroatoms. The van der Waals surface area contributed by atoms with E-state index in [2.05, 4.69) is 10.1 Å². The lowest BCUT2D eigenvalue weighted by Gasteiger charge is -2.17. The highest BCUT2D eigenvalue weighted by Gasteiger charge is 2.34. The molecule has 3 N–H and O–H groups in total. The summed E-state index contributed by atoms with van der Waals surface area (Å²) >= 11 is 0. The van der Waals surface area contributed by atoms with Crippen molar-refractivity contribution in [2.24, 2.45) is 5.73 Å². The second kappa shape index (κ2) is 9.46. The number of carbonyl (C=O) groups excluding carboxylic acids is 1. The Labute approximate surface area is 172 Å². The molecule has 0 aromatic heterocycles. The molecule has 0 saturated carbocycles. The predicted molar refractivity (Wildman–Crippen MR) is 103 cm³/mol. The minimum absolute atomic E-state index is 0.0792. The van der Waals surface area contributed by atoms with Gasteiger partial charge in [0.1, 0.15) is 17.5 Å². The molecule has 6 nitrogen and oxygen atoms in total. The maximum atomic E-state index is 13.5.